The van der Waals surface area contributed by atoms with Gasteiger partial charge >= 0.3 is 5.97 Å². The maximum absolute atomic E-state index is 13.0. The molecule has 0 radical (unpaired) electrons. The minimum atomic E-state index is -3.64. The third-order valence-corrected chi connectivity index (χ3v) is 8.35. The highest BCUT2D eigenvalue weighted by Crippen LogP contribution is 2.65. The Balaban J connectivity index is 1.54. The maximum Gasteiger partial charge on any atom is 0.306 e. The van der Waals surface area contributed by atoms with Crippen molar-refractivity contribution in [3.05, 3.63) is 11.6 Å². The van der Waals surface area contributed by atoms with Crippen LogP contribution in [0.1, 0.15) is 104 Å². The summed E-state index contributed by atoms with van der Waals surface area (Å²) in [5, 5.41) is 0. The number of hydrogen-bond acceptors (Lipinski definition) is 3. The van der Waals surface area contributed by atoms with Crippen LogP contribution < -0.4 is 0 Å². The zero-order chi connectivity index (χ0) is 27.1. The second-order valence-corrected chi connectivity index (χ2v) is 9.36. The normalized spacial score (nSPS) is 50.4. The predicted octanol–water partition coefficient (Wildman–Crippen LogP) is 5.62. The van der Waals surface area contributed by atoms with Crippen molar-refractivity contribution < 1.29 is 26.7 Å². The van der Waals surface area contributed by atoms with Crippen LogP contribution in [-0.4, -0.2) is 17.9 Å². The number of ether oxygens (including phenoxy) is 1. The molecule has 0 aromatic heterocycles. The van der Waals surface area contributed by atoms with Crippen molar-refractivity contribution in [3.8, 4) is 0 Å². The lowest BCUT2D eigenvalue weighted by Gasteiger charge is -2.57. The van der Waals surface area contributed by atoms with E-state index in [0.29, 0.717) is 24.7 Å². The number of esters is 1. The fourth-order valence-corrected chi connectivity index (χ4v) is 6.95. The Morgan fingerprint density at radius 2 is 2.07 bits per heavy atom. The molecule has 4 rings (SSSR count). The summed E-state index contributed by atoms with van der Waals surface area (Å²) in [5.41, 5.74) is 0.815. The number of hydrogen-bond donors (Lipinski definition) is 0. The summed E-state index contributed by atoms with van der Waals surface area (Å²) in [6.45, 7) is 0.844. The highest BCUT2D eigenvalue weighted by atomic mass is 16.5. The number of rotatable bonds is 4. The number of allylic oxidation sites excluding steroid dienone is 1. The van der Waals surface area contributed by atoms with Gasteiger partial charge in [0.15, 0.2) is 5.78 Å². The smallest absolute Gasteiger partial charge is 0.306 e. The van der Waals surface area contributed by atoms with Gasteiger partial charge in [0, 0.05) is 30.5 Å². The van der Waals surface area contributed by atoms with Crippen molar-refractivity contribution in [1.82, 2.24) is 0 Å². The summed E-state index contributed by atoms with van der Waals surface area (Å²) in [6, 6.07) is 0. The topological polar surface area (TPSA) is 43.4 Å². The highest BCUT2D eigenvalue weighted by Gasteiger charge is 2.59. The van der Waals surface area contributed by atoms with Crippen LogP contribution in [0.25, 0.3) is 0 Å². The van der Waals surface area contributed by atoms with Crippen LogP contribution in [0.2, 0.25) is 0 Å². The molecule has 0 aliphatic heterocycles. The quantitative estimate of drug-likeness (QED) is 0.594. The highest BCUT2D eigenvalue weighted by molar-refractivity contribution is 5.91. The Hall–Kier alpha value is -1.12. The lowest BCUT2D eigenvalue weighted by molar-refractivity contribution is -0.160. The van der Waals surface area contributed by atoms with E-state index in [1.165, 1.54) is 5.57 Å². The third kappa shape index (κ3) is 3.09. The number of carbonyl (C=O) groups is 2. The molecule has 3 saturated carbocycles. The van der Waals surface area contributed by atoms with Crippen LogP contribution in [0.3, 0.4) is 0 Å². The second kappa shape index (κ2) is 7.04. The van der Waals surface area contributed by atoms with E-state index in [1.807, 2.05) is 13.0 Å². The third-order valence-electron chi connectivity index (χ3n) is 8.35. The SMILES string of the molecule is [2H]C([2H])([2H])C([2H])([2H])C([2H])([2H])C([2H])([2H])C(=O)O[C@H]1CC[C@H]2[C@@H]3CCC4=CC(=O)CC[C@]4(C)[C@H]3CC[C@]12C. The van der Waals surface area contributed by atoms with Gasteiger partial charge < -0.3 is 4.74 Å². The molecule has 4 aliphatic carbocycles. The number of ketones is 1. The van der Waals surface area contributed by atoms with Gasteiger partial charge in [0.25, 0.3) is 0 Å². The fraction of sp³-hybridized carbons (Fsp3) is 0.833. The molecule has 0 amide bonds. The van der Waals surface area contributed by atoms with Gasteiger partial charge in [0.2, 0.25) is 0 Å². The van der Waals surface area contributed by atoms with Gasteiger partial charge in [-0.2, -0.15) is 0 Å². The standard InChI is InChI=1S/C24H36O3/c1-4-5-6-22(26)27-21-10-9-19-18-8-7-16-15-17(25)11-13-23(16,2)20(18)12-14-24(19,21)3/h15,18-21H,4-14H2,1-3H3/t18-,19-,20-,21-,23-,24-/m0/s1/i1D3,4D2,5D2,6D2. The molecular formula is C24H36O3. The summed E-state index contributed by atoms with van der Waals surface area (Å²) < 4.78 is 75.4. The Kier molecular flexibility index (Phi) is 2.91. The molecule has 3 heteroatoms. The lowest BCUT2D eigenvalue weighted by Crippen LogP contribution is -2.51. The summed E-state index contributed by atoms with van der Waals surface area (Å²) in [6.07, 6.45) is -3.39. The van der Waals surface area contributed by atoms with Gasteiger partial charge in [-0.25, -0.2) is 0 Å². The van der Waals surface area contributed by atoms with Crippen LogP contribution in [0.15, 0.2) is 11.6 Å². The van der Waals surface area contributed by atoms with E-state index in [1.54, 1.807) is 0 Å². The van der Waals surface area contributed by atoms with E-state index in [2.05, 4.69) is 6.92 Å². The lowest BCUT2D eigenvalue weighted by atomic mass is 9.47. The molecule has 0 unspecified atom stereocenters. The van der Waals surface area contributed by atoms with Crippen LogP contribution in [0.5, 0.6) is 0 Å². The second-order valence-electron chi connectivity index (χ2n) is 9.36. The zero-order valence-corrected chi connectivity index (χ0v) is 16.3. The first-order valence-electron chi connectivity index (χ1n) is 14.8. The number of carbonyl (C=O) groups excluding carboxylic acids is 2. The molecule has 150 valence electrons. The van der Waals surface area contributed by atoms with Crippen molar-refractivity contribution in [2.24, 2.45) is 28.6 Å². The monoisotopic (exact) mass is 381 g/mol. The number of fused-ring (bicyclic) bond motifs is 5. The van der Waals surface area contributed by atoms with Crippen LogP contribution >= 0.6 is 0 Å². The van der Waals surface area contributed by atoms with Crippen molar-refractivity contribution in [2.75, 3.05) is 0 Å². The summed E-state index contributed by atoms with van der Waals surface area (Å²) in [5.74, 6) is -0.310. The molecule has 3 fully saturated rings. The Bertz CT molecular complexity index is 972. The van der Waals surface area contributed by atoms with Gasteiger partial charge in [-0.3, -0.25) is 9.59 Å². The van der Waals surface area contributed by atoms with Crippen molar-refractivity contribution in [3.63, 3.8) is 0 Å². The first kappa shape index (κ1) is 11.2. The fourth-order valence-electron chi connectivity index (χ4n) is 6.95. The molecule has 27 heavy (non-hydrogen) atoms. The molecule has 4 aliphatic rings. The maximum atomic E-state index is 13.0. The van der Waals surface area contributed by atoms with Crippen molar-refractivity contribution in [1.29, 1.82) is 0 Å². The predicted molar refractivity (Wildman–Crippen MR) is 106 cm³/mol. The minimum absolute atomic E-state index is 0.0126. The molecule has 0 aromatic rings. The Morgan fingerprint density at radius 1 is 1.22 bits per heavy atom. The van der Waals surface area contributed by atoms with E-state index in [9.17, 15) is 9.59 Å². The molecule has 0 saturated heterocycles. The Morgan fingerprint density at radius 3 is 2.89 bits per heavy atom. The van der Waals surface area contributed by atoms with E-state index in [0.717, 1.165) is 38.5 Å². The van der Waals surface area contributed by atoms with Gasteiger partial charge in [0.1, 0.15) is 6.10 Å². The van der Waals surface area contributed by atoms with E-state index in [-0.39, 0.29) is 17.1 Å². The van der Waals surface area contributed by atoms with Crippen LogP contribution in [0, 0.1) is 28.6 Å². The molecule has 0 heterocycles. The van der Waals surface area contributed by atoms with Gasteiger partial charge in [-0.05, 0) is 80.6 Å². The van der Waals surface area contributed by atoms with E-state index < -0.39 is 43.5 Å². The molecule has 0 spiro atoms. The van der Waals surface area contributed by atoms with Gasteiger partial charge in [-0.1, -0.05) is 32.6 Å². The first-order valence-corrected chi connectivity index (χ1v) is 10.3. The molecule has 6 atom stereocenters. The average molecular weight is 382 g/mol. The van der Waals surface area contributed by atoms with Crippen LogP contribution in [-0.2, 0) is 14.3 Å². The van der Waals surface area contributed by atoms with Crippen LogP contribution in [0.4, 0.5) is 0 Å². The van der Waals surface area contributed by atoms with E-state index >= 15 is 0 Å². The largest absolute Gasteiger partial charge is 0.462 e. The zero-order valence-electron chi connectivity index (χ0n) is 25.3. The summed E-state index contributed by atoms with van der Waals surface area (Å²) in [4.78, 5) is 25.0. The molecule has 0 bridgehead atoms. The average Bonchev–Trinajstić information content (AvgIpc) is 3.09. The van der Waals surface area contributed by atoms with Crippen molar-refractivity contribution in [2.45, 2.75) is 97.3 Å². The summed E-state index contributed by atoms with van der Waals surface area (Å²) in [7, 11) is 0. The Labute approximate surface area is 177 Å². The van der Waals surface area contributed by atoms with Gasteiger partial charge in [-0.15, -0.1) is 0 Å². The summed E-state index contributed by atoms with van der Waals surface area (Å²) >= 11 is 0. The molecule has 3 nitrogen and oxygen atoms in total. The molecule has 0 N–H and O–H groups in total. The van der Waals surface area contributed by atoms with E-state index in [4.69, 9.17) is 17.1 Å². The van der Waals surface area contributed by atoms with Gasteiger partial charge in [0.05, 0.1) is 0 Å². The first-order chi connectivity index (χ1) is 16.3. The van der Waals surface area contributed by atoms with Crippen molar-refractivity contribution >= 4 is 11.8 Å². The molecular weight excluding hydrogens is 336 g/mol. The molecule has 0 aromatic carbocycles. The minimum Gasteiger partial charge on any atom is -0.462 e.